The molecule has 0 aromatic heterocycles. The Bertz CT molecular complexity index is 1630. The molecule has 4 N–H and O–H groups in total. The van der Waals surface area contributed by atoms with Gasteiger partial charge in [-0.3, -0.25) is 5.43 Å². The lowest BCUT2D eigenvalue weighted by Gasteiger charge is -2.28. The molecule has 3 aromatic rings. The summed E-state index contributed by atoms with van der Waals surface area (Å²) in [4.78, 5) is 24.7. The molecular weight excluding hydrogens is 740 g/mol. The number of hydrogen-bond donors (Lipinski definition) is 4. The highest BCUT2D eigenvalue weighted by Crippen LogP contribution is 2.38. The molecule has 0 unspecified atom stereocenters. The predicted molar refractivity (Wildman–Crippen MR) is 183 cm³/mol. The number of rotatable bonds is 15. The van der Waals surface area contributed by atoms with Crippen molar-refractivity contribution in [1.29, 1.82) is 0 Å². The molecule has 1 heterocycles. The number of carbonyl (C=O) groups excluding carboxylic acids is 2. The molecule has 47 heavy (non-hydrogen) atoms. The van der Waals surface area contributed by atoms with Gasteiger partial charge >= 0.3 is 12.0 Å². The first-order chi connectivity index (χ1) is 22.6. The average Bonchev–Trinajstić information content (AvgIpc) is 3.04. The summed E-state index contributed by atoms with van der Waals surface area (Å²) < 4.78 is 30.1. The van der Waals surface area contributed by atoms with E-state index in [1.54, 1.807) is 31.2 Å². The van der Waals surface area contributed by atoms with Gasteiger partial charge in [-0.15, -0.1) is 0 Å². The van der Waals surface area contributed by atoms with Crippen LogP contribution in [0.25, 0.3) is 0 Å². The second-order valence-electron chi connectivity index (χ2n) is 10.1. The van der Waals surface area contributed by atoms with Crippen LogP contribution in [0.15, 0.2) is 79.9 Å². The van der Waals surface area contributed by atoms with Crippen molar-refractivity contribution in [2.45, 2.75) is 39.6 Å². The second kappa shape index (κ2) is 17.0. The van der Waals surface area contributed by atoms with E-state index in [0.29, 0.717) is 64.1 Å². The number of nitrogens with zero attached hydrogens (tertiary/aromatic N) is 1. The second-order valence-corrected chi connectivity index (χ2v) is 11.9. The predicted octanol–water partition coefficient (Wildman–Crippen LogP) is 5.71. The summed E-state index contributed by atoms with van der Waals surface area (Å²) >= 11 is 7.01. The minimum absolute atomic E-state index is 0.163. The third-order valence-electron chi connectivity index (χ3n) is 6.74. The number of esters is 1. The van der Waals surface area contributed by atoms with Crippen LogP contribution in [-0.2, 0) is 16.1 Å². The summed E-state index contributed by atoms with van der Waals surface area (Å²) in [6, 6.07) is 15.3. The van der Waals surface area contributed by atoms with Crippen molar-refractivity contribution in [3.8, 4) is 23.0 Å². The van der Waals surface area contributed by atoms with E-state index in [4.69, 9.17) is 23.7 Å². The number of halogens is 2. The summed E-state index contributed by atoms with van der Waals surface area (Å²) in [5.74, 6) is 1.26. The Balaban J connectivity index is 1.40. The number of nitrogens with one attached hydrogen (secondary N) is 3. The van der Waals surface area contributed by atoms with Crippen molar-refractivity contribution in [2.24, 2.45) is 5.10 Å². The first-order valence-electron chi connectivity index (χ1n) is 14.7. The highest BCUT2D eigenvalue weighted by Gasteiger charge is 2.32. The van der Waals surface area contributed by atoms with Gasteiger partial charge in [0.1, 0.15) is 13.2 Å². The molecule has 14 heteroatoms. The van der Waals surface area contributed by atoms with E-state index in [9.17, 15) is 14.7 Å². The van der Waals surface area contributed by atoms with Crippen molar-refractivity contribution in [2.75, 3.05) is 26.9 Å². The molecule has 12 nitrogen and oxygen atoms in total. The average molecular weight is 776 g/mol. The van der Waals surface area contributed by atoms with E-state index in [1.165, 1.54) is 13.3 Å². The maximum absolute atomic E-state index is 12.5. The van der Waals surface area contributed by atoms with Crippen LogP contribution in [0.1, 0.15) is 43.5 Å². The van der Waals surface area contributed by atoms with Crippen molar-refractivity contribution < 1.29 is 38.4 Å². The third kappa shape index (κ3) is 9.62. The molecule has 0 spiro atoms. The van der Waals surface area contributed by atoms with Gasteiger partial charge in [-0.1, -0.05) is 34.1 Å². The van der Waals surface area contributed by atoms with E-state index in [1.807, 2.05) is 44.2 Å². The molecule has 0 saturated heterocycles. The van der Waals surface area contributed by atoms with Gasteiger partial charge in [0.15, 0.2) is 29.2 Å². The number of aliphatic hydroxyl groups excluding tert-OH is 1. The minimum atomic E-state index is -1.16. The number of aliphatic hydroxyl groups is 1. The summed E-state index contributed by atoms with van der Waals surface area (Å²) in [5, 5.41) is 20.0. The molecule has 3 aromatic carbocycles. The zero-order chi connectivity index (χ0) is 33.9. The van der Waals surface area contributed by atoms with Gasteiger partial charge in [0, 0.05) is 10.2 Å². The van der Waals surface area contributed by atoms with Gasteiger partial charge < -0.3 is 39.4 Å². The molecule has 0 saturated carbocycles. The number of urea groups is 1. The van der Waals surface area contributed by atoms with Crippen molar-refractivity contribution in [3.05, 3.63) is 91.5 Å². The number of carbonyl (C=O) groups is 2. The number of benzene rings is 3. The van der Waals surface area contributed by atoms with Crippen LogP contribution in [-0.4, -0.2) is 56.5 Å². The Hall–Kier alpha value is -4.27. The lowest BCUT2D eigenvalue weighted by atomic mass is 9.95. The van der Waals surface area contributed by atoms with Crippen LogP contribution in [0.2, 0.25) is 0 Å². The van der Waals surface area contributed by atoms with Crippen LogP contribution in [0.5, 0.6) is 23.0 Å². The van der Waals surface area contributed by atoms with E-state index in [-0.39, 0.29) is 12.2 Å². The first-order valence-corrected chi connectivity index (χ1v) is 16.3. The Morgan fingerprint density at radius 2 is 1.72 bits per heavy atom. The first kappa shape index (κ1) is 35.6. The molecule has 0 radical (unpaired) electrons. The van der Waals surface area contributed by atoms with E-state index in [0.717, 1.165) is 10.0 Å². The SMILES string of the molecule is CCOc1cc([C@H]2NC(=O)NC(C)=C2C(=O)OC)ccc1OC[C@H](O)N/N=C\c1cc(Br)c(OCc2ccc(Br)cc2)c(OCC)c1. The maximum atomic E-state index is 12.5. The van der Waals surface area contributed by atoms with Crippen molar-refractivity contribution >= 4 is 50.1 Å². The lowest BCUT2D eigenvalue weighted by Crippen LogP contribution is -2.45. The van der Waals surface area contributed by atoms with Crippen LogP contribution in [0.3, 0.4) is 0 Å². The Morgan fingerprint density at radius 1 is 1.00 bits per heavy atom. The molecule has 250 valence electrons. The number of methoxy groups -OCH3 is 1. The standard InChI is InChI=1S/C33H36Br2N4O8/c1-5-44-26-15-22(30-29(32(41)43-4)19(3)37-33(42)38-30)9-12-25(26)46-18-28(40)39-36-16-21-13-24(35)31(27(14-21)45-6-2)47-17-20-7-10-23(34)11-8-20/h7-16,28,30,39-40H,5-6,17-18H2,1-4H3,(H2,37,38,42)/b36-16-/t28-,30+/m0/s1. The Kier molecular flexibility index (Phi) is 12.9. The van der Waals surface area contributed by atoms with E-state index >= 15 is 0 Å². The summed E-state index contributed by atoms with van der Waals surface area (Å²) in [6.45, 7) is 6.30. The van der Waals surface area contributed by atoms with Gasteiger partial charge in [0.2, 0.25) is 0 Å². The maximum Gasteiger partial charge on any atom is 0.337 e. The zero-order valence-corrected chi connectivity index (χ0v) is 29.4. The van der Waals surface area contributed by atoms with Gasteiger partial charge in [-0.2, -0.15) is 5.10 Å². The number of hydrogen-bond acceptors (Lipinski definition) is 10. The summed E-state index contributed by atoms with van der Waals surface area (Å²) in [7, 11) is 1.28. The fourth-order valence-electron chi connectivity index (χ4n) is 4.62. The topological polar surface area (TPSA) is 149 Å². The Labute approximate surface area is 289 Å². The number of hydrazone groups is 1. The molecule has 1 aliphatic rings. The molecule has 2 amide bonds. The lowest BCUT2D eigenvalue weighted by molar-refractivity contribution is -0.136. The normalized spacial score (nSPS) is 15.0. The molecule has 2 atom stereocenters. The van der Waals surface area contributed by atoms with E-state index in [2.05, 4.69) is 53.0 Å². The zero-order valence-electron chi connectivity index (χ0n) is 26.3. The van der Waals surface area contributed by atoms with Crippen LogP contribution in [0.4, 0.5) is 4.79 Å². The fraction of sp³-hybridized carbons (Fsp3) is 0.303. The van der Waals surface area contributed by atoms with E-state index < -0.39 is 24.3 Å². The Morgan fingerprint density at radius 3 is 2.43 bits per heavy atom. The largest absolute Gasteiger partial charge is 0.490 e. The molecule has 1 aliphatic heterocycles. The highest BCUT2D eigenvalue weighted by molar-refractivity contribution is 9.10. The highest BCUT2D eigenvalue weighted by atomic mass is 79.9. The van der Waals surface area contributed by atoms with Gasteiger partial charge in [0.25, 0.3) is 0 Å². The molecule has 0 aliphatic carbocycles. The number of allylic oxidation sites excluding steroid dienone is 1. The number of amides is 2. The third-order valence-corrected chi connectivity index (χ3v) is 7.86. The summed E-state index contributed by atoms with van der Waals surface area (Å²) in [6.07, 6.45) is 0.376. The van der Waals surface area contributed by atoms with Crippen molar-refractivity contribution in [3.63, 3.8) is 0 Å². The molecule has 0 fully saturated rings. The van der Waals surface area contributed by atoms with Crippen LogP contribution >= 0.6 is 31.9 Å². The monoisotopic (exact) mass is 774 g/mol. The van der Waals surface area contributed by atoms with Crippen molar-refractivity contribution in [1.82, 2.24) is 16.1 Å². The molecule has 4 rings (SSSR count). The number of ether oxygens (including phenoxy) is 5. The minimum Gasteiger partial charge on any atom is -0.490 e. The smallest absolute Gasteiger partial charge is 0.337 e. The quantitative estimate of drug-likeness (QED) is 0.0660. The fourth-order valence-corrected chi connectivity index (χ4v) is 5.46. The van der Waals surface area contributed by atoms with Crippen LogP contribution in [0, 0.1) is 0 Å². The molecule has 0 bridgehead atoms. The van der Waals surface area contributed by atoms with Gasteiger partial charge in [0.05, 0.1) is 42.6 Å². The summed E-state index contributed by atoms with van der Waals surface area (Å²) in [5.41, 5.74) is 5.59. The van der Waals surface area contributed by atoms with Gasteiger partial charge in [-0.25, -0.2) is 9.59 Å². The molecular formula is C33H36Br2N4O8. The van der Waals surface area contributed by atoms with Crippen LogP contribution < -0.4 is 35.0 Å². The van der Waals surface area contributed by atoms with Gasteiger partial charge in [-0.05, 0) is 89.8 Å².